The fourth-order valence-corrected chi connectivity index (χ4v) is 3.18. The topological polar surface area (TPSA) is 74.2 Å². The van der Waals surface area contributed by atoms with Crippen LogP contribution in [-0.4, -0.2) is 16.2 Å². The number of benzene rings is 2. The lowest BCUT2D eigenvalue weighted by Crippen LogP contribution is -2.22. The van der Waals surface area contributed by atoms with Crippen molar-refractivity contribution in [3.05, 3.63) is 70.2 Å². The molecule has 3 N–H and O–H groups in total. The normalized spacial score (nSPS) is 12.4. The predicted molar refractivity (Wildman–Crippen MR) is 100 cm³/mol. The van der Waals surface area contributed by atoms with Gasteiger partial charge in [-0.25, -0.2) is 4.79 Å². The minimum atomic E-state index is -0.0822. The smallest absolute Gasteiger partial charge is 0.333 e. The van der Waals surface area contributed by atoms with Crippen LogP contribution >= 0.6 is 0 Å². The predicted octanol–water partition coefficient (Wildman–Crippen LogP) is 2.64. The van der Waals surface area contributed by atoms with Gasteiger partial charge in [-0.3, -0.25) is 15.0 Å². The van der Waals surface area contributed by atoms with Crippen molar-refractivity contribution < 1.29 is 4.74 Å². The van der Waals surface area contributed by atoms with E-state index in [1.807, 2.05) is 54.6 Å². The van der Waals surface area contributed by atoms with Gasteiger partial charge in [-0.15, -0.1) is 0 Å². The SMILES string of the molecule is COc1ccc(Cn2c(=O)n3c4c(c(NN)ccc42)C=CC=C3)cc1. The van der Waals surface area contributed by atoms with Gasteiger partial charge in [-0.1, -0.05) is 24.3 Å². The number of hydrogen-bond acceptors (Lipinski definition) is 4. The quantitative estimate of drug-likeness (QED) is 0.568. The number of anilines is 1. The lowest BCUT2D eigenvalue weighted by atomic mass is 10.1. The Morgan fingerprint density at radius 2 is 1.92 bits per heavy atom. The van der Waals surface area contributed by atoms with Gasteiger partial charge in [0.05, 0.1) is 30.4 Å². The van der Waals surface area contributed by atoms with E-state index < -0.39 is 0 Å². The van der Waals surface area contributed by atoms with Gasteiger partial charge in [-0.05, 0) is 35.9 Å². The molecule has 25 heavy (non-hydrogen) atoms. The van der Waals surface area contributed by atoms with Crippen molar-refractivity contribution in [3.8, 4) is 5.75 Å². The fraction of sp³-hybridized carbons (Fsp3) is 0.105. The van der Waals surface area contributed by atoms with E-state index in [0.717, 1.165) is 33.6 Å². The van der Waals surface area contributed by atoms with Crippen LogP contribution in [0, 0.1) is 0 Å². The number of aromatic nitrogens is 2. The molecular formula is C19H18N4O2. The maximum Gasteiger partial charge on any atom is 0.333 e. The van der Waals surface area contributed by atoms with Gasteiger partial charge in [-0.2, -0.15) is 0 Å². The average Bonchev–Trinajstić information content (AvgIpc) is 2.80. The molecule has 6 heteroatoms. The van der Waals surface area contributed by atoms with Crippen LogP contribution in [0.15, 0.2) is 53.3 Å². The van der Waals surface area contributed by atoms with E-state index in [9.17, 15) is 4.79 Å². The van der Waals surface area contributed by atoms with E-state index in [1.54, 1.807) is 22.4 Å². The molecule has 0 unspecified atom stereocenters. The Morgan fingerprint density at radius 1 is 1.12 bits per heavy atom. The number of methoxy groups -OCH3 is 1. The molecular weight excluding hydrogens is 316 g/mol. The van der Waals surface area contributed by atoms with Gasteiger partial charge >= 0.3 is 5.69 Å². The largest absolute Gasteiger partial charge is 0.497 e. The molecule has 3 aromatic rings. The molecule has 6 nitrogen and oxygen atoms in total. The molecule has 0 aliphatic carbocycles. The Morgan fingerprint density at radius 3 is 2.64 bits per heavy atom. The molecule has 0 saturated heterocycles. The van der Waals surface area contributed by atoms with E-state index >= 15 is 0 Å². The molecule has 0 saturated carbocycles. The lowest BCUT2D eigenvalue weighted by Gasteiger charge is -2.08. The number of hydrogen-bond donors (Lipinski definition) is 2. The third-order valence-corrected chi connectivity index (χ3v) is 4.43. The number of allylic oxidation sites excluding steroid dienone is 2. The van der Waals surface area contributed by atoms with Crippen LogP contribution in [0.4, 0.5) is 5.69 Å². The molecule has 1 aliphatic rings. The minimum absolute atomic E-state index is 0.0822. The highest BCUT2D eigenvalue weighted by Gasteiger charge is 2.17. The highest BCUT2D eigenvalue weighted by molar-refractivity contribution is 5.94. The first-order valence-electron chi connectivity index (χ1n) is 7.95. The zero-order valence-electron chi connectivity index (χ0n) is 13.8. The van der Waals surface area contributed by atoms with E-state index in [-0.39, 0.29) is 5.69 Å². The van der Waals surface area contributed by atoms with Crippen LogP contribution in [0.1, 0.15) is 11.1 Å². The average molecular weight is 334 g/mol. The summed E-state index contributed by atoms with van der Waals surface area (Å²) in [6, 6.07) is 11.5. The van der Waals surface area contributed by atoms with Gasteiger partial charge < -0.3 is 10.2 Å². The number of nitrogen functional groups attached to an aromatic ring is 1. The second kappa shape index (κ2) is 5.99. The first kappa shape index (κ1) is 15.3. The Balaban J connectivity index is 1.90. The molecule has 2 heterocycles. The first-order chi connectivity index (χ1) is 12.2. The number of hydrazine groups is 1. The fourth-order valence-electron chi connectivity index (χ4n) is 3.18. The first-order valence-corrected chi connectivity index (χ1v) is 7.95. The van der Waals surface area contributed by atoms with Crippen molar-refractivity contribution in [2.45, 2.75) is 6.54 Å². The second-order valence-electron chi connectivity index (χ2n) is 5.83. The number of rotatable bonds is 4. The van der Waals surface area contributed by atoms with E-state index in [4.69, 9.17) is 10.6 Å². The highest BCUT2D eigenvalue weighted by atomic mass is 16.5. The highest BCUT2D eigenvalue weighted by Crippen LogP contribution is 2.29. The summed E-state index contributed by atoms with van der Waals surface area (Å²) in [6.45, 7) is 0.485. The van der Waals surface area contributed by atoms with Crippen LogP contribution in [0.3, 0.4) is 0 Å². The van der Waals surface area contributed by atoms with Crippen LogP contribution in [0.5, 0.6) is 5.75 Å². The molecule has 0 atom stereocenters. The van der Waals surface area contributed by atoms with Crippen molar-refractivity contribution >= 4 is 29.0 Å². The van der Waals surface area contributed by atoms with Crippen molar-refractivity contribution in [1.29, 1.82) is 0 Å². The number of nitrogens with one attached hydrogen (secondary N) is 1. The summed E-state index contributed by atoms with van der Waals surface area (Å²) in [5, 5.41) is 0. The number of nitrogens with two attached hydrogens (primary N) is 1. The van der Waals surface area contributed by atoms with Crippen molar-refractivity contribution in [2.24, 2.45) is 5.84 Å². The molecule has 0 spiro atoms. The lowest BCUT2D eigenvalue weighted by molar-refractivity contribution is 0.414. The van der Waals surface area contributed by atoms with Crippen LogP contribution in [0.25, 0.3) is 23.3 Å². The van der Waals surface area contributed by atoms with Crippen molar-refractivity contribution in [3.63, 3.8) is 0 Å². The van der Waals surface area contributed by atoms with E-state index in [1.165, 1.54) is 0 Å². The molecule has 1 aliphatic heterocycles. The Hall–Kier alpha value is -3.25. The molecule has 0 amide bonds. The summed E-state index contributed by atoms with van der Waals surface area (Å²) < 4.78 is 8.62. The zero-order chi connectivity index (χ0) is 17.4. The summed E-state index contributed by atoms with van der Waals surface area (Å²) in [7, 11) is 1.63. The summed E-state index contributed by atoms with van der Waals surface area (Å²) in [4.78, 5) is 13.0. The van der Waals surface area contributed by atoms with Crippen molar-refractivity contribution in [1.82, 2.24) is 9.13 Å². The molecule has 126 valence electrons. The summed E-state index contributed by atoms with van der Waals surface area (Å²) in [5.74, 6) is 6.42. The standard InChI is InChI=1S/C19H18N4O2/c1-25-14-7-5-13(6-8-14)12-23-17-10-9-16(21-20)15-4-2-3-11-22(18(15)17)19(23)24/h2-11,21H,12,20H2,1H3. The maximum absolute atomic E-state index is 13.0. The third-order valence-electron chi connectivity index (χ3n) is 4.43. The molecule has 0 fully saturated rings. The molecule has 0 bridgehead atoms. The van der Waals surface area contributed by atoms with Gasteiger partial charge in [0.25, 0.3) is 0 Å². The van der Waals surface area contributed by atoms with Gasteiger partial charge in [0, 0.05) is 11.8 Å². The molecule has 2 aromatic carbocycles. The Bertz CT molecular complexity index is 1060. The minimum Gasteiger partial charge on any atom is -0.497 e. The monoisotopic (exact) mass is 334 g/mol. The van der Waals surface area contributed by atoms with Crippen molar-refractivity contribution in [2.75, 3.05) is 12.5 Å². The zero-order valence-corrected chi connectivity index (χ0v) is 13.8. The van der Waals surface area contributed by atoms with Crippen LogP contribution in [0.2, 0.25) is 0 Å². The summed E-state index contributed by atoms with van der Waals surface area (Å²) in [6.07, 6.45) is 7.48. The summed E-state index contributed by atoms with van der Waals surface area (Å²) in [5.41, 5.74) is 7.04. The van der Waals surface area contributed by atoms with Gasteiger partial charge in [0.1, 0.15) is 5.75 Å². The molecule has 0 radical (unpaired) electrons. The van der Waals surface area contributed by atoms with Gasteiger partial charge in [0.15, 0.2) is 0 Å². The maximum atomic E-state index is 13.0. The third kappa shape index (κ3) is 2.43. The number of nitrogens with zero attached hydrogens (tertiary/aromatic N) is 2. The van der Waals surface area contributed by atoms with E-state index in [2.05, 4.69) is 5.43 Å². The number of imidazole rings is 1. The van der Waals surface area contributed by atoms with E-state index in [0.29, 0.717) is 6.54 Å². The second-order valence-corrected chi connectivity index (χ2v) is 5.83. The molecule has 4 rings (SSSR count). The Kier molecular flexibility index (Phi) is 3.66. The van der Waals surface area contributed by atoms with Crippen LogP contribution in [-0.2, 0) is 6.54 Å². The van der Waals surface area contributed by atoms with Gasteiger partial charge in [0.2, 0.25) is 0 Å². The Labute approximate surface area is 144 Å². The molecule has 1 aromatic heterocycles. The number of ether oxygens (including phenoxy) is 1. The summed E-state index contributed by atoms with van der Waals surface area (Å²) >= 11 is 0. The van der Waals surface area contributed by atoms with Crippen LogP contribution < -0.4 is 21.7 Å².